The molecule has 4 rings (SSSR count). The van der Waals surface area contributed by atoms with E-state index in [0.29, 0.717) is 9.54 Å². The van der Waals surface area contributed by atoms with Crippen molar-refractivity contribution in [1.82, 2.24) is 0 Å². The molecular weight excluding hydrogens is 454 g/mol. The summed E-state index contributed by atoms with van der Waals surface area (Å²) in [5, 5.41) is 1.67. The molecule has 0 N–H and O–H groups in total. The maximum atomic E-state index is 2.60. The zero-order valence-electron chi connectivity index (χ0n) is 15.7. The van der Waals surface area contributed by atoms with Gasteiger partial charge in [-0.15, -0.1) is 0 Å². The average molecular weight is 479 g/mol. The van der Waals surface area contributed by atoms with E-state index in [2.05, 4.69) is 87.2 Å². The van der Waals surface area contributed by atoms with Crippen LogP contribution in [0.5, 0.6) is 0 Å². The first kappa shape index (κ1) is 21.9. The first-order chi connectivity index (χ1) is 11.4. The third kappa shape index (κ3) is 3.90. The summed E-state index contributed by atoms with van der Waals surface area (Å²) < 4.78 is 2.47. The Balaban J connectivity index is 0.00000121. The predicted octanol–water partition coefficient (Wildman–Crippen LogP) is 0.184. The van der Waals surface area contributed by atoms with Crippen LogP contribution in [0, 0.1) is 5.92 Å². The zero-order valence-corrected chi connectivity index (χ0v) is 20.7. The van der Waals surface area contributed by atoms with Crippen molar-refractivity contribution in [3.8, 4) is 11.1 Å². The van der Waals surface area contributed by atoms with Gasteiger partial charge in [-0.1, -0.05) is 0 Å². The van der Waals surface area contributed by atoms with Crippen LogP contribution in [0.2, 0.25) is 19.6 Å². The van der Waals surface area contributed by atoms with Crippen molar-refractivity contribution in [2.75, 3.05) is 0 Å². The number of fused-ring (bicyclic) bond motifs is 3. The van der Waals surface area contributed by atoms with Gasteiger partial charge in [0.05, 0.1) is 0 Å². The molecule has 1 atom stereocenters. The van der Waals surface area contributed by atoms with Gasteiger partial charge in [-0.2, -0.15) is 0 Å². The van der Waals surface area contributed by atoms with E-state index in [1.807, 2.05) is 0 Å². The third-order valence-electron chi connectivity index (χ3n) is 5.24. The van der Waals surface area contributed by atoms with Crippen LogP contribution in [0.25, 0.3) is 11.1 Å². The second-order valence-electron chi connectivity index (χ2n) is 8.01. The van der Waals surface area contributed by atoms with Gasteiger partial charge >= 0.3 is 159 Å². The number of allylic oxidation sites excluding steroid dienone is 4. The van der Waals surface area contributed by atoms with E-state index >= 15 is 0 Å². The van der Waals surface area contributed by atoms with E-state index in [4.69, 9.17) is 0 Å². The molecule has 0 nitrogen and oxygen atoms in total. The minimum atomic E-state index is -1.20. The molecule has 0 aromatic heterocycles. The van der Waals surface area contributed by atoms with Crippen LogP contribution in [-0.4, -0.2) is 8.07 Å². The second kappa shape index (κ2) is 8.31. The topological polar surface area (TPSA) is 0 Å². The first-order valence-corrected chi connectivity index (χ1v) is 15.0. The van der Waals surface area contributed by atoms with E-state index < -0.39 is 31.3 Å². The Morgan fingerprint density at radius 2 is 1.31 bits per heavy atom. The summed E-state index contributed by atoms with van der Waals surface area (Å²) in [5.41, 5.74) is 6.12. The van der Waals surface area contributed by atoms with Crippen molar-refractivity contribution in [2.45, 2.75) is 30.2 Å². The predicted molar refractivity (Wildman–Crippen MR) is 102 cm³/mol. The Labute approximate surface area is 182 Å². The van der Waals surface area contributed by atoms with Gasteiger partial charge in [0.25, 0.3) is 0 Å². The van der Waals surface area contributed by atoms with E-state index in [1.54, 1.807) is 19.6 Å². The van der Waals surface area contributed by atoms with E-state index in [-0.39, 0.29) is 24.8 Å². The molecule has 2 aliphatic rings. The van der Waals surface area contributed by atoms with Crippen molar-refractivity contribution < 1.29 is 48.0 Å². The van der Waals surface area contributed by atoms with E-state index in [1.165, 1.54) is 11.1 Å². The summed E-state index contributed by atoms with van der Waals surface area (Å²) in [6.07, 6.45) is 5.17. The van der Waals surface area contributed by atoms with Crippen molar-refractivity contribution in [2.24, 2.45) is 5.92 Å². The molecule has 0 heterocycles. The van der Waals surface area contributed by atoms with Crippen LogP contribution in [0.4, 0.5) is 0 Å². The normalized spacial score (nSPS) is 17.9. The smallest absolute Gasteiger partial charge is 1.00 e. The molecule has 134 valence electrons. The van der Waals surface area contributed by atoms with Crippen molar-refractivity contribution in [3.63, 3.8) is 0 Å². The van der Waals surface area contributed by atoms with Gasteiger partial charge in [0.1, 0.15) is 0 Å². The standard InChI is InChI=1S/C13H9.C9H15Si.2ClH.Zr/c1-3-7-12-10(5-1)9-11-6-2-4-8-13(11)12;1-8-5-6-9(7-8)10(2,3)4;;;/h1-9H;6-8H,1-4H3;2*1H;/q;;;;+2/p-2. The molecule has 2 aromatic carbocycles. The Kier molecular flexibility index (Phi) is 7.00. The zero-order chi connectivity index (χ0) is 16.9. The van der Waals surface area contributed by atoms with Gasteiger partial charge in [0.2, 0.25) is 0 Å². The molecule has 0 aliphatic heterocycles. The molecule has 2 aromatic rings. The Hall–Kier alpha value is -0.400. The van der Waals surface area contributed by atoms with Crippen LogP contribution in [0.3, 0.4) is 0 Å². The summed E-state index contributed by atoms with van der Waals surface area (Å²) in [5.74, 6) is 0.665. The largest absolute Gasteiger partial charge is 1.00 e. The first-order valence-electron chi connectivity index (χ1n) is 8.84. The van der Waals surface area contributed by atoms with E-state index in [9.17, 15) is 0 Å². The molecule has 4 heteroatoms. The summed E-state index contributed by atoms with van der Waals surface area (Å²) in [6.45, 7) is 9.81. The maximum Gasteiger partial charge on any atom is -1.00 e. The van der Waals surface area contributed by atoms with Crippen molar-refractivity contribution in [1.29, 1.82) is 0 Å². The fourth-order valence-corrected chi connectivity index (χ4v) is 9.78. The fraction of sp³-hybridized carbons (Fsp3) is 0.273. The van der Waals surface area contributed by atoms with Crippen LogP contribution in [0.1, 0.15) is 21.7 Å². The van der Waals surface area contributed by atoms with E-state index in [0.717, 1.165) is 0 Å². The van der Waals surface area contributed by atoms with Gasteiger partial charge in [0.15, 0.2) is 0 Å². The van der Waals surface area contributed by atoms with Gasteiger partial charge in [0, 0.05) is 0 Å². The number of hydrogen-bond acceptors (Lipinski definition) is 0. The van der Waals surface area contributed by atoms with Gasteiger partial charge < -0.3 is 24.8 Å². The average Bonchev–Trinajstić information content (AvgIpc) is 3.08. The quantitative estimate of drug-likeness (QED) is 0.553. The SMILES string of the molecule is CC1C=C([Si](C)(C)C)C=[C]1[Zr+2][CH]1c2ccccc2-c2ccccc21.[Cl-].[Cl-]. The number of rotatable bonds is 3. The maximum absolute atomic E-state index is 2.60. The molecule has 2 aliphatic carbocycles. The molecule has 1 unspecified atom stereocenters. The van der Waals surface area contributed by atoms with Crippen LogP contribution in [-0.2, 0) is 23.2 Å². The fourth-order valence-electron chi connectivity index (χ4n) is 3.82. The molecule has 0 spiro atoms. The third-order valence-corrected chi connectivity index (χ3v) is 11.8. The minimum absolute atomic E-state index is 0. The van der Waals surface area contributed by atoms with Crippen LogP contribution in [0.15, 0.2) is 69.2 Å². The van der Waals surface area contributed by atoms with Crippen LogP contribution < -0.4 is 24.8 Å². The Morgan fingerprint density at radius 1 is 0.808 bits per heavy atom. The Morgan fingerprint density at radius 3 is 1.77 bits per heavy atom. The summed E-state index contributed by atoms with van der Waals surface area (Å²) in [4.78, 5) is 0. The number of benzene rings is 2. The number of halogens is 2. The second-order valence-corrected chi connectivity index (χ2v) is 16.6. The molecule has 0 radical (unpaired) electrons. The summed E-state index contributed by atoms with van der Waals surface area (Å²) in [7, 11) is -1.20. The molecule has 0 saturated heterocycles. The summed E-state index contributed by atoms with van der Waals surface area (Å²) in [6, 6.07) is 18.2. The van der Waals surface area contributed by atoms with Gasteiger partial charge in [-0.25, -0.2) is 0 Å². The molecule has 0 fully saturated rings. The van der Waals surface area contributed by atoms with Crippen LogP contribution >= 0.6 is 0 Å². The van der Waals surface area contributed by atoms with Crippen molar-refractivity contribution >= 4 is 8.07 Å². The Bertz CT molecular complexity index is 819. The molecule has 0 bridgehead atoms. The molecule has 0 saturated carbocycles. The van der Waals surface area contributed by atoms with Gasteiger partial charge in [-0.05, 0) is 0 Å². The molecule has 26 heavy (non-hydrogen) atoms. The molecular formula is C22H24Cl2SiZr. The number of hydrogen-bond donors (Lipinski definition) is 0. The van der Waals surface area contributed by atoms with Gasteiger partial charge in [-0.3, -0.25) is 0 Å². The minimum Gasteiger partial charge on any atom is -1.00 e. The monoisotopic (exact) mass is 476 g/mol. The molecule has 0 amide bonds. The summed E-state index contributed by atoms with van der Waals surface area (Å²) >= 11 is -0.698. The van der Waals surface area contributed by atoms with Crippen molar-refractivity contribution in [3.05, 3.63) is 80.3 Å².